The van der Waals surface area contributed by atoms with Gasteiger partial charge in [0.2, 0.25) is 0 Å². The third-order valence-electron chi connectivity index (χ3n) is 7.24. The van der Waals surface area contributed by atoms with E-state index in [4.69, 9.17) is 19.9 Å². The minimum atomic E-state index is -1.33. The Balaban J connectivity index is 0.00000343. The van der Waals surface area contributed by atoms with E-state index in [1.165, 1.54) is 6.08 Å². The van der Waals surface area contributed by atoms with Gasteiger partial charge in [-0.3, -0.25) is 0 Å². The largest absolute Gasteiger partial charge is 2.00 e. The fourth-order valence-corrected chi connectivity index (χ4v) is 5.28. The molecule has 44 heavy (non-hydrogen) atoms. The Morgan fingerprint density at radius 3 is 1.93 bits per heavy atom. The molecular weight excluding hydrogens is 600 g/mol. The Morgan fingerprint density at radius 1 is 0.705 bits per heavy atom. The second-order valence-electron chi connectivity index (χ2n) is 9.96. The Morgan fingerprint density at radius 2 is 1.27 bits per heavy atom. The van der Waals surface area contributed by atoms with Crippen molar-refractivity contribution >= 4 is 58.4 Å². The summed E-state index contributed by atoms with van der Waals surface area (Å²) in [7, 11) is 0. The molecule has 0 amide bonds. The summed E-state index contributed by atoms with van der Waals surface area (Å²) in [4.78, 5) is 31.7. The van der Waals surface area contributed by atoms with E-state index in [0.29, 0.717) is 28.0 Å². The molecule has 0 saturated heterocycles. The number of hydrogen-bond donors (Lipinski definition) is 1. The van der Waals surface area contributed by atoms with Crippen molar-refractivity contribution in [2.75, 3.05) is 0 Å². The van der Waals surface area contributed by atoms with E-state index in [1.54, 1.807) is 6.07 Å². The maximum absolute atomic E-state index is 11.9. The fraction of sp³-hybridized carbons (Fsp3) is 0. The number of aliphatic carboxylic acids is 1. The normalized spacial score (nSPS) is 12.0. The molecule has 8 heteroatoms. The predicted molar refractivity (Wildman–Crippen MR) is 169 cm³/mol. The van der Waals surface area contributed by atoms with Crippen molar-refractivity contribution in [1.82, 2.24) is 19.9 Å². The SMILES string of the molecule is N#C/C(=C\c1c2nc(c(-c3ccccc3)c3ccc(cc4nc(c(-c5ccccc5)c5ccc1[n-]5)C=C4)[n-]3)C=C2)C(=O)O.[Zn+2]. The molecule has 7 rings (SSSR count). The van der Waals surface area contributed by atoms with Crippen LogP contribution in [0.4, 0.5) is 0 Å². The molecule has 3 aromatic heterocycles. The monoisotopic (exact) mass is 619 g/mol. The van der Waals surface area contributed by atoms with Crippen LogP contribution in [-0.4, -0.2) is 21.0 Å². The molecule has 2 aliphatic heterocycles. The Bertz CT molecular complexity index is 2180. The van der Waals surface area contributed by atoms with Crippen molar-refractivity contribution in [2.45, 2.75) is 0 Å². The van der Waals surface area contributed by atoms with Crippen molar-refractivity contribution in [3.05, 3.63) is 125 Å². The topological polar surface area (TPSA) is 115 Å². The summed E-state index contributed by atoms with van der Waals surface area (Å²) in [5.74, 6) is -1.33. The molecule has 0 aliphatic carbocycles. The van der Waals surface area contributed by atoms with Gasteiger partial charge in [-0.1, -0.05) is 91.0 Å². The number of carboxylic acids is 1. The average molecular weight is 621 g/mol. The number of carbonyl (C=O) groups is 1. The molecule has 0 saturated carbocycles. The third kappa shape index (κ3) is 5.33. The number of hydrogen-bond acceptors (Lipinski definition) is 4. The molecule has 0 fully saturated rings. The molecule has 7 nitrogen and oxygen atoms in total. The molecule has 8 bridgehead atoms. The van der Waals surface area contributed by atoms with Gasteiger partial charge in [0.05, 0.1) is 22.8 Å². The maximum atomic E-state index is 11.9. The van der Waals surface area contributed by atoms with Crippen LogP contribution in [0.25, 0.3) is 74.7 Å². The summed E-state index contributed by atoms with van der Waals surface area (Å²) in [5, 5.41) is 19.3. The van der Waals surface area contributed by atoms with Crippen LogP contribution in [0.5, 0.6) is 0 Å². The minimum absolute atomic E-state index is 0. The van der Waals surface area contributed by atoms with E-state index in [-0.39, 0.29) is 19.5 Å². The van der Waals surface area contributed by atoms with Crippen LogP contribution in [0.1, 0.15) is 28.3 Å². The zero-order valence-electron chi connectivity index (χ0n) is 23.3. The Hall–Kier alpha value is -5.64. The molecule has 204 valence electrons. The fourth-order valence-electron chi connectivity index (χ4n) is 5.28. The summed E-state index contributed by atoms with van der Waals surface area (Å²) < 4.78 is 0. The van der Waals surface area contributed by atoms with Gasteiger partial charge in [0.15, 0.2) is 0 Å². The molecule has 2 aliphatic rings. The van der Waals surface area contributed by atoms with E-state index in [1.807, 2.05) is 115 Å². The van der Waals surface area contributed by atoms with E-state index in [0.717, 1.165) is 44.7 Å². The first kappa shape index (κ1) is 28.5. The summed E-state index contributed by atoms with van der Waals surface area (Å²) in [6, 6.07) is 31.1. The molecule has 0 spiro atoms. The second kappa shape index (κ2) is 11.9. The van der Waals surface area contributed by atoms with Crippen molar-refractivity contribution in [2.24, 2.45) is 0 Å². The van der Waals surface area contributed by atoms with Crippen molar-refractivity contribution in [1.29, 1.82) is 5.26 Å². The van der Waals surface area contributed by atoms with Crippen LogP contribution >= 0.6 is 0 Å². The number of benzene rings is 2. The zero-order chi connectivity index (χ0) is 29.3. The van der Waals surface area contributed by atoms with Gasteiger partial charge in [-0.05, 0) is 58.2 Å². The van der Waals surface area contributed by atoms with E-state index >= 15 is 0 Å². The first-order valence-corrected chi connectivity index (χ1v) is 13.6. The first-order valence-electron chi connectivity index (χ1n) is 13.6. The number of fused-ring (bicyclic) bond motifs is 8. The minimum Gasteiger partial charge on any atom is -0.657 e. The number of nitriles is 1. The summed E-state index contributed by atoms with van der Waals surface area (Å²) in [5.41, 5.74) is 8.83. The molecule has 0 unspecified atom stereocenters. The van der Waals surface area contributed by atoms with Crippen molar-refractivity contribution in [3.63, 3.8) is 0 Å². The smallest absolute Gasteiger partial charge is 0.657 e. The molecule has 1 N–H and O–H groups in total. The zero-order valence-corrected chi connectivity index (χ0v) is 26.3. The molecule has 2 aromatic carbocycles. The molecule has 5 aromatic rings. The Kier molecular flexibility index (Phi) is 7.72. The first-order chi connectivity index (χ1) is 21.1. The number of rotatable bonds is 4. The molecule has 0 atom stereocenters. The van der Waals surface area contributed by atoms with Crippen LogP contribution in [-0.2, 0) is 24.3 Å². The number of aromatic nitrogens is 4. The Labute approximate surface area is 265 Å². The van der Waals surface area contributed by atoms with Gasteiger partial charge in [-0.15, -0.1) is 22.1 Å². The predicted octanol–water partition coefficient (Wildman–Crippen LogP) is 7.24. The summed E-state index contributed by atoms with van der Waals surface area (Å²) in [6.07, 6.45) is 8.94. The van der Waals surface area contributed by atoms with E-state index in [2.05, 4.69) is 0 Å². The van der Waals surface area contributed by atoms with Gasteiger partial charge in [0.1, 0.15) is 11.6 Å². The molecule has 0 radical (unpaired) electrons. The molecule has 5 heterocycles. The number of nitrogens with zero attached hydrogens (tertiary/aromatic N) is 5. The average Bonchev–Trinajstić information content (AvgIpc) is 3.85. The number of carboxylic acid groups (broad SMARTS) is 1. The van der Waals surface area contributed by atoms with Crippen LogP contribution in [0.2, 0.25) is 0 Å². The van der Waals surface area contributed by atoms with Crippen LogP contribution in [0.15, 0.2) is 96.6 Å². The van der Waals surface area contributed by atoms with Gasteiger partial charge in [-0.25, -0.2) is 14.8 Å². The van der Waals surface area contributed by atoms with Gasteiger partial charge >= 0.3 is 25.4 Å². The summed E-state index contributed by atoms with van der Waals surface area (Å²) >= 11 is 0. The van der Waals surface area contributed by atoms with Gasteiger partial charge in [0, 0.05) is 0 Å². The second-order valence-corrected chi connectivity index (χ2v) is 9.96. The quantitative estimate of drug-likeness (QED) is 0.125. The van der Waals surface area contributed by atoms with Crippen LogP contribution in [0.3, 0.4) is 0 Å². The third-order valence-corrected chi connectivity index (χ3v) is 7.24. The van der Waals surface area contributed by atoms with Crippen LogP contribution in [0, 0.1) is 11.3 Å². The van der Waals surface area contributed by atoms with Crippen molar-refractivity contribution in [3.8, 4) is 28.3 Å². The van der Waals surface area contributed by atoms with E-state index in [9.17, 15) is 15.2 Å². The maximum Gasteiger partial charge on any atom is 2.00 e. The van der Waals surface area contributed by atoms with Crippen LogP contribution < -0.4 is 9.97 Å². The van der Waals surface area contributed by atoms with Gasteiger partial charge in [0.25, 0.3) is 0 Å². The van der Waals surface area contributed by atoms with Gasteiger partial charge in [-0.2, -0.15) is 5.26 Å². The van der Waals surface area contributed by atoms with E-state index < -0.39 is 11.5 Å². The molecular formula is C36H21N5O2Zn. The van der Waals surface area contributed by atoms with Crippen molar-refractivity contribution < 1.29 is 29.4 Å². The van der Waals surface area contributed by atoms with Gasteiger partial charge < -0.3 is 15.1 Å². The summed E-state index contributed by atoms with van der Waals surface area (Å²) in [6.45, 7) is 0. The standard InChI is InChI=1S/C36H22N5O2.Zn/c37-21-24(36(42)43)19-27-28-15-17-32(40-28)34(22-7-3-1-4-8-22)30-13-11-25(38-30)20-26-12-14-31(39-26)35(23-9-5-2-6-10-23)33-18-16-29(27)41-33;/h1-20H,(H2-,38,39,40,41,42,43);/q-1;+2/p-1/b24-19+,25-20?,26-20?,28-27?,29-27?,34-30?,34-32?,35-31?,35-33?;.